The first-order valence-corrected chi connectivity index (χ1v) is 13.2. The van der Waals surface area contributed by atoms with Crippen molar-refractivity contribution in [3.63, 3.8) is 0 Å². The maximum atomic E-state index is 13.4. The highest BCUT2D eigenvalue weighted by molar-refractivity contribution is 6.08. The fourth-order valence-corrected chi connectivity index (χ4v) is 5.34. The molecule has 1 saturated heterocycles. The van der Waals surface area contributed by atoms with Crippen molar-refractivity contribution in [3.05, 3.63) is 63.2 Å². The van der Waals surface area contributed by atoms with E-state index in [0.717, 1.165) is 30.4 Å². The molecule has 2 aromatic heterocycles. The molecule has 2 N–H and O–H groups in total. The average molecular weight is 561 g/mol. The molecule has 0 atom stereocenters. The Labute approximate surface area is 230 Å². The number of aromatic nitrogens is 2. The number of hydrogen-bond acceptors (Lipinski definition) is 4. The van der Waals surface area contributed by atoms with E-state index in [0.29, 0.717) is 42.0 Å². The molecule has 4 rings (SSSR count). The minimum atomic E-state index is -4.61. The summed E-state index contributed by atoms with van der Waals surface area (Å²) in [6.07, 6.45) is -3.50. The van der Waals surface area contributed by atoms with Crippen molar-refractivity contribution in [2.75, 3.05) is 20.2 Å². The minimum absolute atomic E-state index is 0.0165. The fraction of sp³-hybridized carbons (Fsp3) is 0.483. The van der Waals surface area contributed by atoms with Gasteiger partial charge in [0, 0.05) is 41.9 Å². The number of amides is 2. The summed E-state index contributed by atoms with van der Waals surface area (Å²) >= 11 is 0. The number of carbonyl (C=O) groups is 2. The molecule has 1 fully saturated rings. The third-order valence-corrected chi connectivity index (χ3v) is 7.92. The third kappa shape index (κ3) is 5.46. The topological polar surface area (TPSA) is 96.4 Å². The molecule has 0 aliphatic carbocycles. The normalized spacial score (nSPS) is 14.9. The second-order valence-corrected chi connectivity index (χ2v) is 11.0. The Morgan fingerprint density at radius 2 is 1.77 bits per heavy atom. The molecular formula is C29H35F3N4O4. The first-order valence-electron chi connectivity index (χ1n) is 13.2. The number of carbonyl (C=O) groups excluding carboxylic acids is 2. The van der Waals surface area contributed by atoms with Crippen molar-refractivity contribution in [3.8, 4) is 5.75 Å². The van der Waals surface area contributed by atoms with Gasteiger partial charge in [-0.15, -0.1) is 0 Å². The van der Waals surface area contributed by atoms with Crippen molar-refractivity contribution < 1.29 is 27.5 Å². The zero-order chi connectivity index (χ0) is 29.4. The van der Waals surface area contributed by atoms with Gasteiger partial charge < -0.3 is 24.5 Å². The Balaban J connectivity index is 1.51. The number of likely N-dealkylation sites (tertiary alicyclic amines) is 1. The van der Waals surface area contributed by atoms with Gasteiger partial charge in [0.25, 0.3) is 11.5 Å². The molecular weight excluding hydrogens is 525 g/mol. The summed E-state index contributed by atoms with van der Waals surface area (Å²) in [5, 5.41) is 3.62. The predicted octanol–water partition coefficient (Wildman–Crippen LogP) is 4.71. The van der Waals surface area contributed by atoms with Gasteiger partial charge >= 0.3 is 6.18 Å². The number of pyridine rings is 1. The lowest BCUT2D eigenvalue weighted by Crippen LogP contribution is -2.51. The van der Waals surface area contributed by atoms with Crippen molar-refractivity contribution in [1.82, 2.24) is 19.8 Å². The van der Waals surface area contributed by atoms with Gasteiger partial charge in [-0.1, -0.05) is 18.2 Å². The molecule has 11 heteroatoms. The Hall–Kier alpha value is -3.76. The van der Waals surface area contributed by atoms with Crippen LogP contribution in [0.2, 0.25) is 0 Å². The first-order chi connectivity index (χ1) is 18.8. The summed E-state index contributed by atoms with van der Waals surface area (Å²) in [5.74, 6) is -0.712. The maximum Gasteiger partial charge on any atom is 0.402 e. The lowest BCUT2D eigenvalue weighted by atomic mass is 9.88. The SMILES string of the molecule is COc1cc(C)[nH]c(=O)c1CNC(=O)c1c(C)n(CC2CCN(C(=O)C(C)(C)C(F)(F)F)CC2)c2ccccc12. The van der Waals surface area contributed by atoms with Crippen LogP contribution < -0.4 is 15.6 Å². The van der Waals surface area contributed by atoms with Crippen LogP contribution >= 0.6 is 0 Å². The molecule has 3 heterocycles. The molecule has 40 heavy (non-hydrogen) atoms. The van der Waals surface area contributed by atoms with E-state index < -0.39 is 17.5 Å². The zero-order valence-electron chi connectivity index (χ0n) is 23.4. The van der Waals surface area contributed by atoms with Crippen LogP contribution in [0.1, 0.15) is 54.0 Å². The number of halogens is 3. The average Bonchev–Trinajstić information content (AvgIpc) is 3.17. The molecule has 0 bridgehead atoms. The number of nitrogens with one attached hydrogen (secondary N) is 2. The number of piperidine rings is 1. The third-order valence-electron chi connectivity index (χ3n) is 7.92. The number of para-hydroxylation sites is 1. The van der Waals surface area contributed by atoms with Crippen LogP contribution in [0.15, 0.2) is 35.1 Å². The van der Waals surface area contributed by atoms with Crippen LogP contribution in [0.5, 0.6) is 5.75 Å². The summed E-state index contributed by atoms with van der Waals surface area (Å²) in [6, 6.07) is 9.23. The Morgan fingerprint density at radius 1 is 1.12 bits per heavy atom. The van der Waals surface area contributed by atoms with Gasteiger partial charge in [0.2, 0.25) is 5.91 Å². The molecule has 0 radical (unpaired) electrons. The van der Waals surface area contributed by atoms with Crippen LogP contribution in [0, 0.1) is 25.2 Å². The monoisotopic (exact) mass is 560 g/mol. The summed E-state index contributed by atoms with van der Waals surface area (Å²) in [6.45, 7) is 6.51. The lowest BCUT2D eigenvalue weighted by Gasteiger charge is -2.37. The van der Waals surface area contributed by atoms with E-state index in [1.807, 2.05) is 31.2 Å². The Bertz CT molecular complexity index is 1480. The molecule has 0 unspecified atom stereocenters. The van der Waals surface area contributed by atoms with Gasteiger partial charge in [-0.3, -0.25) is 14.4 Å². The number of H-pyrrole nitrogens is 1. The van der Waals surface area contributed by atoms with Gasteiger partial charge in [-0.05, 0) is 58.6 Å². The van der Waals surface area contributed by atoms with E-state index in [1.165, 1.54) is 12.0 Å². The number of hydrogen-bond donors (Lipinski definition) is 2. The number of nitrogens with zero attached hydrogens (tertiary/aromatic N) is 2. The maximum absolute atomic E-state index is 13.4. The number of alkyl halides is 3. The van der Waals surface area contributed by atoms with Gasteiger partial charge in [0.1, 0.15) is 11.2 Å². The second-order valence-electron chi connectivity index (χ2n) is 11.0. The number of methoxy groups -OCH3 is 1. The molecule has 1 aromatic carbocycles. The largest absolute Gasteiger partial charge is 0.496 e. The van der Waals surface area contributed by atoms with Crippen molar-refractivity contribution in [1.29, 1.82) is 0 Å². The van der Waals surface area contributed by atoms with Crippen LogP contribution in [0.3, 0.4) is 0 Å². The van der Waals surface area contributed by atoms with E-state index in [4.69, 9.17) is 4.74 Å². The van der Waals surface area contributed by atoms with Crippen molar-refractivity contribution in [2.45, 2.75) is 59.8 Å². The first kappa shape index (κ1) is 29.2. The molecule has 0 spiro atoms. The number of ether oxygens (including phenoxy) is 1. The van der Waals surface area contributed by atoms with Gasteiger partial charge in [-0.25, -0.2) is 0 Å². The lowest BCUT2D eigenvalue weighted by molar-refractivity contribution is -0.217. The number of aryl methyl sites for hydroxylation is 1. The Kier molecular flexibility index (Phi) is 8.05. The standard InChI is InChI=1S/C29H35F3N4O4/c1-17-14-23(40-5)21(25(37)34-17)15-33-26(38)24-18(2)36(22-9-7-6-8-20(22)24)16-19-10-12-35(13-11-19)27(39)28(3,4)29(30,31)32/h6-9,14,19H,10-13,15-16H2,1-5H3,(H,33,38)(H,34,37). The van der Waals surface area contributed by atoms with Crippen LogP contribution in [0.4, 0.5) is 13.2 Å². The molecule has 1 aliphatic rings. The van der Waals surface area contributed by atoms with Gasteiger partial charge in [0.15, 0.2) is 0 Å². The minimum Gasteiger partial charge on any atom is -0.496 e. The van der Waals surface area contributed by atoms with Crippen molar-refractivity contribution in [2.24, 2.45) is 11.3 Å². The van der Waals surface area contributed by atoms with E-state index in [9.17, 15) is 27.6 Å². The Morgan fingerprint density at radius 3 is 2.40 bits per heavy atom. The molecule has 2 amide bonds. The zero-order valence-corrected chi connectivity index (χ0v) is 23.4. The number of fused-ring (bicyclic) bond motifs is 1. The van der Waals surface area contributed by atoms with Crippen molar-refractivity contribution >= 4 is 22.7 Å². The van der Waals surface area contributed by atoms with E-state index in [2.05, 4.69) is 14.9 Å². The highest BCUT2D eigenvalue weighted by Gasteiger charge is 2.54. The highest BCUT2D eigenvalue weighted by Crippen LogP contribution is 2.40. The molecule has 216 valence electrons. The number of benzene rings is 1. The summed E-state index contributed by atoms with van der Waals surface area (Å²) in [5.41, 5.74) is 0.321. The molecule has 0 saturated carbocycles. The summed E-state index contributed by atoms with van der Waals surface area (Å²) in [7, 11) is 1.47. The van der Waals surface area contributed by atoms with Gasteiger partial charge in [-0.2, -0.15) is 13.2 Å². The van der Waals surface area contributed by atoms with E-state index >= 15 is 0 Å². The molecule has 3 aromatic rings. The van der Waals surface area contributed by atoms with Crippen LogP contribution in [0.25, 0.3) is 10.9 Å². The predicted molar refractivity (Wildman–Crippen MR) is 145 cm³/mol. The van der Waals surface area contributed by atoms with Crippen LogP contribution in [-0.4, -0.2) is 52.6 Å². The number of rotatable bonds is 7. The molecule has 8 nitrogen and oxygen atoms in total. The fourth-order valence-electron chi connectivity index (χ4n) is 5.34. The molecule has 1 aliphatic heterocycles. The second kappa shape index (κ2) is 11.0. The highest BCUT2D eigenvalue weighted by atomic mass is 19.4. The van der Waals surface area contributed by atoms with Crippen LogP contribution in [-0.2, 0) is 17.9 Å². The van der Waals surface area contributed by atoms with E-state index in [-0.39, 0.29) is 37.0 Å². The van der Waals surface area contributed by atoms with E-state index in [1.54, 1.807) is 13.0 Å². The number of aromatic amines is 1. The quantitative estimate of drug-likeness (QED) is 0.438. The van der Waals surface area contributed by atoms with Gasteiger partial charge in [0.05, 0.1) is 24.8 Å². The summed E-state index contributed by atoms with van der Waals surface area (Å²) < 4.78 is 47.5. The smallest absolute Gasteiger partial charge is 0.402 e. The summed E-state index contributed by atoms with van der Waals surface area (Å²) in [4.78, 5) is 42.5.